The van der Waals surface area contributed by atoms with Gasteiger partial charge in [0, 0.05) is 30.4 Å². The summed E-state index contributed by atoms with van der Waals surface area (Å²) in [5.41, 5.74) is 1.82. The van der Waals surface area contributed by atoms with Crippen molar-refractivity contribution in [1.29, 1.82) is 0 Å². The maximum absolute atomic E-state index is 12.1. The van der Waals surface area contributed by atoms with Crippen molar-refractivity contribution in [2.45, 2.75) is 19.5 Å². The number of aryl methyl sites for hydroxylation is 1. The molecule has 1 N–H and O–H groups in total. The highest BCUT2D eigenvalue weighted by Gasteiger charge is 2.21. The summed E-state index contributed by atoms with van der Waals surface area (Å²) in [6.45, 7) is 2.66. The summed E-state index contributed by atoms with van der Waals surface area (Å²) < 4.78 is 6.85. The highest BCUT2D eigenvalue weighted by atomic mass is 35.5. The number of benzene rings is 1. The Balaban J connectivity index is 2.11. The van der Waals surface area contributed by atoms with Gasteiger partial charge in [0.15, 0.2) is 0 Å². The maximum Gasteiger partial charge on any atom is 0.327 e. The summed E-state index contributed by atoms with van der Waals surface area (Å²) in [7, 11) is 1.85. The lowest BCUT2D eigenvalue weighted by molar-refractivity contribution is -0.145. The summed E-state index contributed by atoms with van der Waals surface area (Å²) in [4.78, 5) is 12.1. The van der Waals surface area contributed by atoms with Crippen LogP contribution in [0.2, 0.25) is 5.02 Å². The van der Waals surface area contributed by atoms with Gasteiger partial charge in [-0.2, -0.15) is 5.10 Å². The fourth-order valence-corrected chi connectivity index (χ4v) is 2.13. The first kappa shape index (κ1) is 15.5. The van der Waals surface area contributed by atoms with Gasteiger partial charge in [0.25, 0.3) is 0 Å². The summed E-state index contributed by atoms with van der Waals surface area (Å²) in [5.74, 6) is -0.302. The average molecular weight is 308 g/mol. The third kappa shape index (κ3) is 4.31. The molecule has 0 fully saturated rings. The van der Waals surface area contributed by atoms with Crippen LogP contribution in [0.5, 0.6) is 0 Å². The highest BCUT2D eigenvalue weighted by molar-refractivity contribution is 6.30. The molecule has 1 heterocycles. The van der Waals surface area contributed by atoms with Gasteiger partial charge < -0.3 is 4.74 Å². The van der Waals surface area contributed by atoms with Crippen LogP contribution in [0.4, 0.5) is 0 Å². The molecule has 1 aromatic carbocycles. The van der Waals surface area contributed by atoms with Gasteiger partial charge in [0.2, 0.25) is 0 Å². The summed E-state index contributed by atoms with van der Waals surface area (Å²) >= 11 is 5.89. The molecule has 0 radical (unpaired) electrons. The van der Waals surface area contributed by atoms with Crippen LogP contribution >= 0.6 is 11.6 Å². The molecule has 0 saturated carbocycles. The minimum atomic E-state index is -0.526. The predicted octanol–water partition coefficient (Wildman–Crippen LogP) is 2.47. The average Bonchev–Trinajstić information content (AvgIpc) is 2.87. The number of ether oxygens (including phenoxy) is 1. The van der Waals surface area contributed by atoms with Crippen molar-refractivity contribution in [3.8, 4) is 0 Å². The molecule has 0 aliphatic rings. The van der Waals surface area contributed by atoms with Crippen LogP contribution < -0.4 is 5.32 Å². The van der Waals surface area contributed by atoms with Gasteiger partial charge in [-0.1, -0.05) is 23.7 Å². The number of hydrogen-bond acceptors (Lipinski definition) is 4. The predicted molar refractivity (Wildman–Crippen MR) is 80.9 cm³/mol. The van der Waals surface area contributed by atoms with Crippen molar-refractivity contribution in [2.24, 2.45) is 7.05 Å². The van der Waals surface area contributed by atoms with Crippen LogP contribution in [0.1, 0.15) is 24.1 Å². The zero-order valence-corrected chi connectivity index (χ0v) is 12.8. The second kappa shape index (κ2) is 7.24. The third-order valence-corrected chi connectivity index (χ3v) is 3.25. The van der Waals surface area contributed by atoms with Crippen molar-refractivity contribution in [2.75, 3.05) is 6.61 Å². The molecule has 0 unspecified atom stereocenters. The van der Waals surface area contributed by atoms with E-state index in [0.29, 0.717) is 18.2 Å². The largest absolute Gasteiger partial charge is 0.465 e. The molecule has 21 heavy (non-hydrogen) atoms. The SMILES string of the molecule is CCOC(=O)[C@@H](NCc1cnn(C)c1)c1ccc(Cl)cc1. The van der Waals surface area contributed by atoms with E-state index in [4.69, 9.17) is 16.3 Å². The molecular weight excluding hydrogens is 290 g/mol. The van der Waals surface area contributed by atoms with Crippen LogP contribution in [0.15, 0.2) is 36.7 Å². The van der Waals surface area contributed by atoms with Gasteiger partial charge in [-0.3, -0.25) is 10.00 Å². The number of hydrogen-bond donors (Lipinski definition) is 1. The lowest BCUT2D eigenvalue weighted by atomic mass is 10.1. The third-order valence-electron chi connectivity index (χ3n) is 2.99. The van der Waals surface area contributed by atoms with Gasteiger partial charge in [0.1, 0.15) is 6.04 Å². The second-order valence-electron chi connectivity index (χ2n) is 4.64. The minimum absolute atomic E-state index is 0.302. The molecule has 5 nitrogen and oxygen atoms in total. The minimum Gasteiger partial charge on any atom is -0.465 e. The summed E-state index contributed by atoms with van der Waals surface area (Å²) in [5, 5.41) is 7.93. The van der Waals surface area contributed by atoms with Gasteiger partial charge in [-0.25, -0.2) is 4.79 Å². The fraction of sp³-hybridized carbons (Fsp3) is 0.333. The Kier molecular flexibility index (Phi) is 5.36. The first-order valence-corrected chi connectivity index (χ1v) is 7.11. The van der Waals surface area contributed by atoms with E-state index in [1.165, 1.54) is 0 Å². The van der Waals surface area contributed by atoms with Crippen molar-refractivity contribution >= 4 is 17.6 Å². The molecule has 0 aliphatic heterocycles. The van der Waals surface area contributed by atoms with Crippen LogP contribution in [-0.2, 0) is 23.1 Å². The Bertz CT molecular complexity index is 595. The smallest absolute Gasteiger partial charge is 0.327 e. The quantitative estimate of drug-likeness (QED) is 0.833. The van der Waals surface area contributed by atoms with Crippen molar-refractivity contribution < 1.29 is 9.53 Å². The molecular formula is C15H18ClN3O2. The first-order chi connectivity index (χ1) is 10.1. The topological polar surface area (TPSA) is 56.1 Å². The fourth-order valence-electron chi connectivity index (χ4n) is 2.00. The molecule has 2 rings (SSSR count). The van der Waals surface area contributed by atoms with E-state index in [2.05, 4.69) is 10.4 Å². The molecule has 1 aromatic heterocycles. The highest BCUT2D eigenvalue weighted by Crippen LogP contribution is 2.18. The van der Waals surface area contributed by atoms with Crippen LogP contribution in [0.3, 0.4) is 0 Å². The number of halogens is 1. The Morgan fingerprint density at radius 1 is 1.43 bits per heavy atom. The molecule has 0 bridgehead atoms. The van der Waals surface area contributed by atoms with Crippen molar-refractivity contribution in [3.63, 3.8) is 0 Å². The number of carbonyl (C=O) groups is 1. The molecule has 6 heteroatoms. The zero-order valence-electron chi connectivity index (χ0n) is 12.0. The number of esters is 1. The van der Waals surface area contributed by atoms with Crippen molar-refractivity contribution in [3.05, 3.63) is 52.8 Å². The van der Waals surface area contributed by atoms with Gasteiger partial charge in [-0.05, 0) is 24.6 Å². The van der Waals surface area contributed by atoms with E-state index in [0.717, 1.165) is 11.1 Å². The Morgan fingerprint density at radius 2 is 2.14 bits per heavy atom. The molecule has 0 amide bonds. The molecule has 0 saturated heterocycles. The van der Waals surface area contributed by atoms with E-state index in [1.807, 2.05) is 25.4 Å². The zero-order chi connectivity index (χ0) is 15.2. The van der Waals surface area contributed by atoms with E-state index < -0.39 is 6.04 Å². The second-order valence-corrected chi connectivity index (χ2v) is 5.08. The molecule has 112 valence electrons. The Labute approximate surface area is 128 Å². The summed E-state index contributed by atoms with van der Waals surface area (Å²) in [6, 6.07) is 6.63. The Morgan fingerprint density at radius 3 is 2.71 bits per heavy atom. The molecule has 1 atom stereocenters. The lowest BCUT2D eigenvalue weighted by Gasteiger charge is -2.17. The number of nitrogens with zero attached hydrogens (tertiary/aromatic N) is 2. The molecule has 0 spiro atoms. The summed E-state index contributed by atoms with van der Waals surface area (Å²) in [6.07, 6.45) is 3.66. The number of nitrogens with one attached hydrogen (secondary N) is 1. The lowest BCUT2D eigenvalue weighted by Crippen LogP contribution is -2.29. The van der Waals surface area contributed by atoms with Gasteiger partial charge in [-0.15, -0.1) is 0 Å². The van der Waals surface area contributed by atoms with Crippen LogP contribution in [-0.4, -0.2) is 22.4 Å². The Hall–Kier alpha value is -1.85. The standard InChI is InChI=1S/C15H18ClN3O2/c1-3-21-15(20)14(12-4-6-13(16)7-5-12)17-8-11-9-18-19(2)10-11/h4-7,9-10,14,17H,3,8H2,1-2H3/t14-/m0/s1. The number of rotatable bonds is 6. The first-order valence-electron chi connectivity index (χ1n) is 6.73. The van der Waals surface area contributed by atoms with Crippen LogP contribution in [0.25, 0.3) is 0 Å². The number of carbonyl (C=O) groups excluding carboxylic acids is 1. The van der Waals surface area contributed by atoms with E-state index in [1.54, 1.807) is 29.9 Å². The van der Waals surface area contributed by atoms with Gasteiger partial charge in [0.05, 0.1) is 12.8 Å². The van der Waals surface area contributed by atoms with Crippen molar-refractivity contribution in [1.82, 2.24) is 15.1 Å². The van der Waals surface area contributed by atoms with E-state index in [9.17, 15) is 4.79 Å². The van der Waals surface area contributed by atoms with E-state index in [-0.39, 0.29) is 5.97 Å². The van der Waals surface area contributed by atoms with E-state index >= 15 is 0 Å². The maximum atomic E-state index is 12.1. The van der Waals surface area contributed by atoms with Gasteiger partial charge >= 0.3 is 5.97 Å². The monoisotopic (exact) mass is 307 g/mol. The molecule has 0 aliphatic carbocycles. The molecule has 2 aromatic rings. The normalized spacial score (nSPS) is 12.1. The van der Waals surface area contributed by atoms with Crippen LogP contribution in [0, 0.1) is 0 Å². The number of aromatic nitrogens is 2.